The molecule has 0 saturated heterocycles. The van der Waals surface area contributed by atoms with E-state index < -0.39 is 41.4 Å². The number of carbonyl (C=O) groups excluding carboxylic acids is 2. The summed E-state index contributed by atoms with van der Waals surface area (Å²) in [7, 11) is -1.72. The van der Waals surface area contributed by atoms with E-state index in [1.54, 1.807) is 25.1 Å². The Morgan fingerprint density at radius 1 is 1.26 bits per heavy atom. The highest BCUT2D eigenvalue weighted by molar-refractivity contribution is 7.82. The van der Waals surface area contributed by atoms with E-state index in [2.05, 4.69) is 15.1 Å². The van der Waals surface area contributed by atoms with Crippen molar-refractivity contribution in [3.63, 3.8) is 0 Å². The van der Waals surface area contributed by atoms with Crippen LogP contribution in [0, 0.1) is 12.7 Å². The van der Waals surface area contributed by atoms with Gasteiger partial charge in [0.2, 0.25) is 0 Å². The van der Waals surface area contributed by atoms with Crippen LogP contribution in [0.2, 0.25) is 0 Å². The summed E-state index contributed by atoms with van der Waals surface area (Å²) < 4.78 is 71.5. The summed E-state index contributed by atoms with van der Waals surface area (Å²) in [6, 6.07) is 10.1. The zero-order valence-corrected chi connectivity index (χ0v) is 21.2. The summed E-state index contributed by atoms with van der Waals surface area (Å²) in [4.78, 5) is 26.0. The van der Waals surface area contributed by atoms with E-state index in [1.165, 1.54) is 35.2 Å². The molecule has 0 bridgehead atoms. The van der Waals surface area contributed by atoms with E-state index in [1.807, 2.05) is 0 Å². The standard InChI is InChI=1S/C25H24F4N4O4S/c1-14-6-9-17(12-19(14)26)33-22(24(35)32-38(2)36)21-20(31-33)11-16(30-23(21)34)8-7-15-4-3-5-18(10-15)37-13-25(27,28)29/h3-6,9-10,12,16H,7-8,11,13H2,1-2H3,(H,30,34)(H,32,35). The minimum atomic E-state index is -4.45. The lowest BCUT2D eigenvalue weighted by Gasteiger charge is -2.23. The Bertz CT molecular complexity index is 1410. The van der Waals surface area contributed by atoms with Gasteiger partial charge in [0, 0.05) is 18.7 Å². The lowest BCUT2D eigenvalue weighted by atomic mass is 9.95. The van der Waals surface area contributed by atoms with Gasteiger partial charge in [0.15, 0.2) is 6.61 Å². The molecule has 1 aliphatic rings. The van der Waals surface area contributed by atoms with Gasteiger partial charge in [-0.25, -0.2) is 13.3 Å². The molecule has 202 valence electrons. The normalized spacial score (nSPS) is 15.9. The first-order valence-corrected chi connectivity index (χ1v) is 13.1. The lowest BCUT2D eigenvalue weighted by molar-refractivity contribution is -0.153. The minimum Gasteiger partial charge on any atom is -0.484 e. The molecule has 2 atom stereocenters. The van der Waals surface area contributed by atoms with Crippen LogP contribution in [-0.4, -0.2) is 50.9 Å². The number of rotatable bonds is 8. The smallest absolute Gasteiger partial charge is 0.422 e. The summed E-state index contributed by atoms with van der Waals surface area (Å²) >= 11 is 0. The molecular weight excluding hydrogens is 528 g/mol. The van der Waals surface area contributed by atoms with Gasteiger partial charge in [-0.1, -0.05) is 18.2 Å². The maximum Gasteiger partial charge on any atom is 0.422 e. The molecule has 2 amide bonds. The number of ether oxygens (including phenoxy) is 1. The zero-order valence-electron chi connectivity index (χ0n) is 20.4. The number of benzene rings is 2. The first kappa shape index (κ1) is 27.3. The molecule has 0 saturated carbocycles. The van der Waals surface area contributed by atoms with E-state index in [-0.39, 0.29) is 35.2 Å². The van der Waals surface area contributed by atoms with Crippen LogP contribution in [0.5, 0.6) is 5.75 Å². The van der Waals surface area contributed by atoms with Crippen molar-refractivity contribution in [3.8, 4) is 11.4 Å². The van der Waals surface area contributed by atoms with Crippen LogP contribution in [0.15, 0.2) is 42.5 Å². The van der Waals surface area contributed by atoms with Gasteiger partial charge in [-0.2, -0.15) is 18.3 Å². The number of nitrogens with one attached hydrogen (secondary N) is 2. The molecule has 0 spiro atoms. The van der Waals surface area contributed by atoms with E-state index in [4.69, 9.17) is 4.74 Å². The first-order valence-electron chi connectivity index (χ1n) is 11.5. The Balaban J connectivity index is 1.57. The van der Waals surface area contributed by atoms with Gasteiger partial charge < -0.3 is 10.1 Å². The molecule has 13 heteroatoms. The monoisotopic (exact) mass is 552 g/mol. The van der Waals surface area contributed by atoms with E-state index in [9.17, 15) is 31.4 Å². The number of hydrogen-bond donors (Lipinski definition) is 2. The number of hydrogen-bond acceptors (Lipinski definition) is 5. The van der Waals surface area contributed by atoms with Crippen molar-refractivity contribution in [2.45, 2.75) is 38.4 Å². The fourth-order valence-corrected chi connectivity index (χ4v) is 4.50. The van der Waals surface area contributed by atoms with Crippen LogP contribution in [-0.2, 0) is 23.8 Å². The molecule has 3 aromatic rings. The van der Waals surface area contributed by atoms with Gasteiger partial charge in [0.1, 0.15) is 28.2 Å². The average Bonchev–Trinajstić information content (AvgIpc) is 3.23. The summed E-state index contributed by atoms with van der Waals surface area (Å²) in [6.07, 6.45) is -2.08. The predicted octanol–water partition coefficient (Wildman–Crippen LogP) is 3.57. The Labute approximate surface area is 218 Å². The zero-order chi connectivity index (χ0) is 27.6. The first-order chi connectivity index (χ1) is 17.9. The minimum absolute atomic E-state index is 0.00716. The van der Waals surface area contributed by atoms with Crippen molar-refractivity contribution >= 4 is 22.8 Å². The molecule has 2 aromatic carbocycles. The quantitative estimate of drug-likeness (QED) is 0.416. The molecule has 8 nitrogen and oxygen atoms in total. The Morgan fingerprint density at radius 2 is 2.03 bits per heavy atom. The largest absolute Gasteiger partial charge is 0.484 e. The molecule has 1 aromatic heterocycles. The second-order valence-corrected chi connectivity index (χ2v) is 9.98. The van der Waals surface area contributed by atoms with E-state index >= 15 is 0 Å². The van der Waals surface area contributed by atoms with Crippen LogP contribution in [0.25, 0.3) is 5.69 Å². The highest BCUT2D eigenvalue weighted by Crippen LogP contribution is 2.26. The van der Waals surface area contributed by atoms with Crippen molar-refractivity contribution in [2.75, 3.05) is 12.9 Å². The van der Waals surface area contributed by atoms with Crippen LogP contribution in [0.3, 0.4) is 0 Å². The Kier molecular flexibility index (Phi) is 7.86. The number of aromatic nitrogens is 2. The van der Waals surface area contributed by atoms with Crippen LogP contribution >= 0.6 is 0 Å². The lowest BCUT2D eigenvalue weighted by Crippen LogP contribution is -2.42. The molecule has 1 aliphatic heterocycles. The van der Waals surface area contributed by atoms with Crippen molar-refractivity contribution in [2.24, 2.45) is 0 Å². The van der Waals surface area contributed by atoms with E-state index in [0.717, 1.165) is 5.56 Å². The fourth-order valence-electron chi connectivity index (χ4n) is 4.15. The molecule has 38 heavy (non-hydrogen) atoms. The van der Waals surface area contributed by atoms with Gasteiger partial charge in [0.25, 0.3) is 11.8 Å². The third-order valence-corrected chi connectivity index (χ3v) is 6.37. The molecule has 4 rings (SSSR count). The molecule has 2 N–H and O–H groups in total. The summed E-state index contributed by atoms with van der Waals surface area (Å²) in [5.74, 6) is -1.80. The van der Waals surface area contributed by atoms with Gasteiger partial charge in [-0.3, -0.25) is 14.3 Å². The predicted molar refractivity (Wildman–Crippen MR) is 131 cm³/mol. The van der Waals surface area contributed by atoms with Crippen molar-refractivity contribution in [1.29, 1.82) is 0 Å². The Morgan fingerprint density at radius 3 is 2.71 bits per heavy atom. The molecule has 2 unspecified atom stereocenters. The van der Waals surface area contributed by atoms with Gasteiger partial charge in [-0.15, -0.1) is 0 Å². The number of aryl methyl sites for hydroxylation is 2. The number of fused-ring (bicyclic) bond motifs is 1. The average molecular weight is 553 g/mol. The van der Waals surface area contributed by atoms with Crippen LogP contribution in [0.1, 0.15) is 44.1 Å². The second-order valence-electron chi connectivity index (χ2n) is 8.87. The third-order valence-electron chi connectivity index (χ3n) is 5.89. The van der Waals surface area contributed by atoms with Gasteiger partial charge >= 0.3 is 6.18 Å². The van der Waals surface area contributed by atoms with Crippen molar-refractivity contribution < 1.29 is 36.1 Å². The van der Waals surface area contributed by atoms with Crippen LogP contribution in [0.4, 0.5) is 17.6 Å². The fraction of sp³-hybridized carbons (Fsp3) is 0.320. The number of carbonyl (C=O) groups is 2. The number of amides is 2. The van der Waals surface area contributed by atoms with Gasteiger partial charge in [0.05, 0.1) is 16.9 Å². The third kappa shape index (κ3) is 6.39. The Hall–Kier alpha value is -3.74. The maximum atomic E-state index is 14.3. The summed E-state index contributed by atoms with van der Waals surface area (Å²) in [6.45, 7) is 0.185. The molecule has 0 fully saturated rings. The van der Waals surface area contributed by atoms with Crippen molar-refractivity contribution in [1.82, 2.24) is 19.8 Å². The van der Waals surface area contributed by atoms with Crippen LogP contribution < -0.4 is 14.8 Å². The van der Waals surface area contributed by atoms with E-state index in [0.29, 0.717) is 24.1 Å². The SMILES string of the molecule is Cc1ccc(-n2nc3c(c2C(=O)NS(C)=O)C(=O)NC(CCc2cccc(OCC(F)(F)F)c2)C3)cc1F. The maximum absolute atomic E-state index is 14.3. The highest BCUT2D eigenvalue weighted by Gasteiger charge is 2.35. The number of halogens is 4. The van der Waals surface area contributed by atoms with Gasteiger partial charge in [-0.05, 0) is 55.2 Å². The second kappa shape index (κ2) is 10.9. The molecular formula is C25H24F4N4O4S. The number of alkyl halides is 3. The highest BCUT2D eigenvalue weighted by atomic mass is 32.2. The number of nitrogens with zero attached hydrogens (tertiary/aromatic N) is 2. The van der Waals surface area contributed by atoms with Crippen molar-refractivity contribution in [3.05, 3.63) is 76.4 Å². The molecule has 2 heterocycles. The summed E-state index contributed by atoms with van der Waals surface area (Å²) in [5, 5.41) is 7.27. The summed E-state index contributed by atoms with van der Waals surface area (Å²) in [5.41, 5.74) is 1.48. The molecule has 0 aliphatic carbocycles. The topological polar surface area (TPSA) is 102 Å². The molecule has 0 radical (unpaired) electrons.